The van der Waals surface area contributed by atoms with Gasteiger partial charge in [-0.25, -0.2) is 0 Å². The second kappa shape index (κ2) is 5.00. The molecule has 2 aromatic rings. The van der Waals surface area contributed by atoms with Gasteiger partial charge in [0.1, 0.15) is 0 Å². The summed E-state index contributed by atoms with van der Waals surface area (Å²) in [7, 11) is 0. The van der Waals surface area contributed by atoms with Crippen molar-refractivity contribution in [1.82, 2.24) is 9.97 Å². The van der Waals surface area contributed by atoms with Crippen LogP contribution in [0.5, 0.6) is 0 Å². The molecule has 1 heterocycles. The summed E-state index contributed by atoms with van der Waals surface area (Å²) in [5.41, 5.74) is 6.19. The third kappa shape index (κ3) is 2.46. The molecule has 0 saturated carbocycles. The molecule has 1 aliphatic carbocycles. The molecule has 0 radical (unpaired) electrons. The molecule has 1 aliphatic rings. The molecule has 3 heteroatoms. The monoisotopic (exact) mass is 253 g/mol. The van der Waals surface area contributed by atoms with Crippen LogP contribution in [0.4, 0.5) is 5.69 Å². The molecule has 3 rings (SSSR count). The van der Waals surface area contributed by atoms with E-state index < -0.39 is 0 Å². The van der Waals surface area contributed by atoms with Gasteiger partial charge in [0.05, 0.1) is 17.4 Å². The van der Waals surface area contributed by atoms with Gasteiger partial charge in [0.15, 0.2) is 0 Å². The van der Waals surface area contributed by atoms with Crippen LogP contribution in [0.15, 0.2) is 30.6 Å². The van der Waals surface area contributed by atoms with E-state index in [-0.39, 0.29) is 6.04 Å². The maximum Gasteiger partial charge on any atom is 0.0835 e. The Kier molecular flexibility index (Phi) is 3.20. The average Bonchev–Trinajstić information content (AvgIpc) is 2.86. The first-order valence-electron chi connectivity index (χ1n) is 6.90. The molecule has 98 valence electrons. The van der Waals surface area contributed by atoms with Crippen LogP contribution < -0.4 is 5.32 Å². The van der Waals surface area contributed by atoms with E-state index in [0.29, 0.717) is 0 Å². The topological polar surface area (TPSA) is 37.8 Å². The predicted molar refractivity (Wildman–Crippen MR) is 77.3 cm³/mol. The lowest BCUT2D eigenvalue weighted by Gasteiger charge is -2.16. The SMILES string of the molecule is Cc1nccnc1C(C)Nc1ccc2c(c1)CCC2. The number of aromatic nitrogens is 2. The van der Waals surface area contributed by atoms with Crippen molar-refractivity contribution in [3.05, 3.63) is 53.1 Å². The van der Waals surface area contributed by atoms with Crippen molar-refractivity contribution >= 4 is 5.69 Å². The first-order chi connectivity index (χ1) is 9.24. The normalized spacial score (nSPS) is 15.1. The van der Waals surface area contributed by atoms with Gasteiger partial charge in [0.25, 0.3) is 0 Å². The fourth-order valence-electron chi connectivity index (χ4n) is 2.82. The molecule has 1 unspecified atom stereocenters. The van der Waals surface area contributed by atoms with E-state index >= 15 is 0 Å². The minimum atomic E-state index is 0.174. The van der Waals surface area contributed by atoms with Gasteiger partial charge in [0.2, 0.25) is 0 Å². The summed E-state index contributed by atoms with van der Waals surface area (Å²) < 4.78 is 0. The van der Waals surface area contributed by atoms with Crippen molar-refractivity contribution in [3.8, 4) is 0 Å². The number of hydrogen-bond acceptors (Lipinski definition) is 3. The van der Waals surface area contributed by atoms with Crippen molar-refractivity contribution in [2.24, 2.45) is 0 Å². The molecule has 0 fully saturated rings. The lowest BCUT2D eigenvalue weighted by molar-refractivity contribution is 0.810. The molecule has 3 nitrogen and oxygen atoms in total. The Labute approximate surface area is 114 Å². The second-order valence-electron chi connectivity index (χ2n) is 5.23. The third-order valence-corrected chi connectivity index (χ3v) is 3.81. The molecule has 1 N–H and O–H groups in total. The number of benzene rings is 1. The smallest absolute Gasteiger partial charge is 0.0835 e. The lowest BCUT2D eigenvalue weighted by atomic mass is 10.1. The molecule has 1 atom stereocenters. The average molecular weight is 253 g/mol. The zero-order valence-corrected chi connectivity index (χ0v) is 11.5. The van der Waals surface area contributed by atoms with Crippen LogP contribution in [0.2, 0.25) is 0 Å². The molecule has 19 heavy (non-hydrogen) atoms. The summed E-state index contributed by atoms with van der Waals surface area (Å²) in [6.07, 6.45) is 7.22. The van der Waals surface area contributed by atoms with Crippen molar-refractivity contribution in [1.29, 1.82) is 0 Å². The Morgan fingerprint density at radius 2 is 1.89 bits per heavy atom. The van der Waals surface area contributed by atoms with Gasteiger partial charge in [0, 0.05) is 18.1 Å². The van der Waals surface area contributed by atoms with Gasteiger partial charge < -0.3 is 5.32 Å². The van der Waals surface area contributed by atoms with Gasteiger partial charge in [-0.2, -0.15) is 0 Å². The van der Waals surface area contributed by atoms with E-state index in [0.717, 1.165) is 11.4 Å². The Balaban J connectivity index is 1.80. The molecular formula is C16H19N3. The van der Waals surface area contributed by atoms with Crippen LogP contribution in [0, 0.1) is 6.92 Å². The maximum atomic E-state index is 4.42. The van der Waals surface area contributed by atoms with E-state index in [2.05, 4.69) is 40.4 Å². The van der Waals surface area contributed by atoms with E-state index in [1.165, 1.54) is 36.1 Å². The minimum Gasteiger partial charge on any atom is -0.377 e. The first-order valence-corrected chi connectivity index (χ1v) is 6.90. The summed E-state index contributed by atoms with van der Waals surface area (Å²) in [5.74, 6) is 0. The Hall–Kier alpha value is -1.90. The largest absolute Gasteiger partial charge is 0.377 e. The Bertz CT molecular complexity index is 592. The summed E-state index contributed by atoms with van der Waals surface area (Å²) in [4.78, 5) is 8.72. The van der Waals surface area contributed by atoms with Crippen LogP contribution in [0.1, 0.15) is 41.9 Å². The Morgan fingerprint density at radius 1 is 1.11 bits per heavy atom. The van der Waals surface area contributed by atoms with Gasteiger partial charge in [-0.05, 0) is 56.4 Å². The number of hydrogen-bond donors (Lipinski definition) is 1. The highest BCUT2D eigenvalue weighted by molar-refractivity contribution is 5.51. The highest BCUT2D eigenvalue weighted by Crippen LogP contribution is 2.27. The van der Waals surface area contributed by atoms with Crippen molar-refractivity contribution in [2.75, 3.05) is 5.32 Å². The highest BCUT2D eigenvalue weighted by atomic mass is 15.0. The quantitative estimate of drug-likeness (QED) is 0.910. The van der Waals surface area contributed by atoms with Crippen LogP contribution in [-0.4, -0.2) is 9.97 Å². The number of anilines is 1. The van der Waals surface area contributed by atoms with E-state index in [9.17, 15) is 0 Å². The number of rotatable bonds is 3. The van der Waals surface area contributed by atoms with Crippen molar-refractivity contribution in [3.63, 3.8) is 0 Å². The molecule has 0 amide bonds. The van der Waals surface area contributed by atoms with Crippen molar-refractivity contribution in [2.45, 2.75) is 39.2 Å². The first kappa shape index (κ1) is 12.2. The van der Waals surface area contributed by atoms with Crippen LogP contribution in [0.3, 0.4) is 0 Å². The fourth-order valence-corrected chi connectivity index (χ4v) is 2.82. The van der Waals surface area contributed by atoms with Crippen molar-refractivity contribution < 1.29 is 0 Å². The highest BCUT2D eigenvalue weighted by Gasteiger charge is 2.13. The summed E-state index contributed by atoms with van der Waals surface area (Å²) in [6.45, 7) is 4.13. The molecule has 0 bridgehead atoms. The number of nitrogens with zero attached hydrogens (tertiary/aromatic N) is 2. The Morgan fingerprint density at radius 3 is 2.74 bits per heavy atom. The zero-order chi connectivity index (χ0) is 13.2. The zero-order valence-electron chi connectivity index (χ0n) is 11.5. The molecule has 0 spiro atoms. The van der Waals surface area contributed by atoms with E-state index in [1.807, 2.05) is 6.92 Å². The minimum absolute atomic E-state index is 0.174. The maximum absolute atomic E-state index is 4.42. The second-order valence-corrected chi connectivity index (χ2v) is 5.23. The van der Waals surface area contributed by atoms with Gasteiger partial charge in [-0.15, -0.1) is 0 Å². The summed E-state index contributed by atoms with van der Waals surface area (Å²) in [6, 6.07) is 6.88. The van der Waals surface area contributed by atoms with Gasteiger partial charge in [-0.1, -0.05) is 6.07 Å². The summed E-state index contributed by atoms with van der Waals surface area (Å²) >= 11 is 0. The number of aryl methyl sites for hydroxylation is 3. The van der Waals surface area contributed by atoms with Gasteiger partial charge >= 0.3 is 0 Å². The summed E-state index contributed by atoms with van der Waals surface area (Å²) in [5, 5.41) is 3.53. The standard InChI is InChI=1S/C16H19N3/c1-11-16(18-9-8-17-11)12(2)19-15-7-6-13-4-3-5-14(13)10-15/h6-10,12,19H,3-5H2,1-2H3. The van der Waals surface area contributed by atoms with E-state index in [4.69, 9.17) is 0 Å². The molecule has 0 saturated heterocycles. The van der Waals surface area contributed by atoms with Crippen LogP contribution in [0.25, 0.3) is 0 Å². The molecule has 0 aliphatic heterocycles. The predicted octanol–water partition coefficient (Wildman–Crippen LogP) is 3.45. The number of nitrogens with one attached hydrogen (secondary N) is 1. The van der Waals surface area contributed by atoms with Crippen LogP contribution >= 0.6 is 0 Å². The third-order valence-electron chi connectivity index (χ3n) is 3.81. The number of fused-ring (bicyclic) bond motifs is 1. The lowest BCUT2D eigenvalue weighted by Crippen LogP contribution is -2.11. The van der Waals surface area contributed by atoms with Gasteiger partial charge in [-0.3, -0.25) is 9.97 Å². The van der Waals surface area contributed by atoms with E-state index in [1.54, 1.807) is 12.4 Å². The molecule has 1 aromatic carbocycles. The fraction of sp³-hybridized carbons (Fsp3) is 0.375. The molecule has 1 aromatic heterocycles. The van der Waals surface area contributed by atoms with Crippen LogP contribution in [-0.2, 0) is 12.8 Å². The molecular weight excluding hydrogens is 234 g/mol.